The first-order valence-corrected chi connectivity index (χ1v) is 6.73. The molecular formula is C15H24N2O2. The molecule has 0 unspecified atom stereocenters. The first-order valence-electron chi connectivity index (χ1n) is 6.73. The lowest BCUT2D eigenvalue weighted by molar-refractivity contribution is -0.122. The monoisotopic (exact) mass is 264 g/mol. The zero-order chi connectivity index (χ0) is 14.1. The normalized spacial score (nSPS) is 10.8. The summed E-state index contributed by atoms with van der Waals surface area (Å²) in [4.78, 5) is 13.5. The van der Waals surface area contributed by atoms with E-state index in [-0.39, 0.29) is 11.9 Å². The number of nitrogens with zero attached hydrogens (tertiary/aromatic N) is 1. The summed E-state index contributed by atoms with van der Waals surface area (Å²) in [5.74, 6) is 0.962. The number of ether oxygens (including phenoxy) is 1. The van der Waals surface area contributed by atoms with Gasteiger partial charge in [0.15, 0.2) is 0 Å². The van der Waals surface area contributed by atoms with Crippen molar-refractivity contribution in [1.82, 2.24) is 10.2 Å². The number of likely N-dealkylation sites (N-methyl/N-ethyl adjacent to an activating group) is 1. The zero-order valence-electron chi connectivity index (χ0n) is 12.1. The summed E-state index contributed by atoms with van der Waals surface area (Å²) >= 11 is 0. The van der Waals surface area contributed by atoms with Gasteiger partial charge in [-0.15, -0.1) is 0 Å². The van der Waals surface area contributed by atoms with Gasteiger partial charge in [-0.2, -0.15) is 0 Å². The van der Waals surface area contributed by atoms with Crippen molar-refractivity contribution in [2.75, 3.05) is 26.7 Å². The largest absolute Gasteiger partial charge is 0.494 e. The third-order valence-corrected chi connectivity index (χ3v) is 2.56. The fourth-order valence-corrected chi connectivity index (χ4v) is 1.73. The summed E-state index contributed by atoms with van der Waals surface area (Å²) in [7, 11) is 1.95. The summed E-state index contributed by atoms with van der Waals surface area (Å²) in [5, 5.41) is 2.88. The molecule has 0 saturated carbocycles. The van der Waals surface area contributed by atoms with Crippen LogP contribution in [0.4, 0.5) is 0 Å². The molecule has 0 heterocycles. The number of benzene rings is 1. The lowest BCUT2D eigenvalue weighted by Crippen LogP contribution is -2.39. The Bertz CT molecular complexity index is 366. The van der Waals surface area contributed by atoms with Crippen LogP contribution in [0.3, 0.4) is 0 Å². The summed E-state index contributed by atoms with van der Waals surface area (Å²) in [6.07, 6.45) is 0.903. The van der Waals surface area contributed by atoms with Crippen LogP contribution >= 0.6 is 0 Å². The predicted octanol–water partition coefficient (Wildman–Crippen LogP) is 1.91. The number of carbonyl (C=O) groups is 1. The van der Waals surface area contributed by atoms with Crippen LogP contribution in [0.15, 0.2) is 30.3 Å². The van der Waals surface area contributed by atoms with E-state index in [0.29, 0.717) is 13.2 Å². The third-order valence-electron chi connectivity index (χ3n) is 2.56. The van der Waals surface area contributed by atoms with Gasteiger partial charge in [-0.1, -0.05) is 18.2 Å². The molecular weight excluding hydrogens is 240 g/mol. The van der Waals surface area contributed by atoms with Gasteiger partial charge in [0.05, 0.1) is 13.2 Å². The quantitative estimate of drug-likeness (QED) is 0.729. The molecule has 0 aliphatic rings. The lowest BCUT2D eigenvalue weighted by atomic mass is 10.3. The molecule has 4 nitrogen and oxygen atoms in total. The highest BCUT2D eigenvalue weighted by molar-refractivity contribution is 5.78. The minimum Gasteiger partial charge on any atom is -0.494 e. The number of hydrogen-bond acceptors (Lipinski definition) is 3. The van der Waals surface area contributed by atoms with Gasteiger partial charge < -0.3 is 10.1 Å². The molecule has 0 aliphatic heterocycles. The number of carbonyl (C=O) groups excluding carboxylic acids is 1. The van der Waals surface area contributed by atoms with E-state index >= 15 is 0 Å². The number of para-hydroxylation sites is 1. The van der Waals surface area contributed by atoms with Crippen molar-refractivity contribution in [2.45, 2.75) is 26.3 Å². The van der Waals surface area contributed by atoms with E-state index < -0.39 is 0 Å². The average Bonchev–Trinajstić information content (AvgIpc) is 2.35. The van der Waals surface area contributed by atoms with Gasteiger partial charge in [0, 0.05) is 12.6 Å². The summed E-state index contributed by atoms with van der Waals surface area (Å²) < 4.78 is 5.60. The molecule has 4 heteroatoms. The molecule has 1 N–H and O–H groups in total. The SMILES string of the molecule is CC(C)NC(=O)CN(C)CCCOc1ccccc1. The van der Waals surface area contributed by atoms with Gasteiger partial charge in [0.25, 0.3) is 0 Å². The standard InChI is InChI=1S/C15H24N2O2/c1-13(2)16-15(18)12-17(3)10-7-11-19-14-8-5-4-6-9-14/h4-6,8-9,13H,7,10-12H2,1-3H3,(H,16,18). The van der Waals surface area contributed by atoms with Crippen LogP contribution in [0.1, 0.15) is 20.3 Å². The highest BCUT2D eigenvalue weighted by Crippen LogP contribution is 2.08. The van der Waals surface area contributed by atoms with Gasteiger partial charge in [0.2, 0.25) is 5.91 Å². The van der Waals surface area contributed by atoms with Crippen molar-refractivity contribution in [3.05, 3.63) is 30.3 Å². The second-order valence-electron chi connectivity index (χ2n) is 4.98. The molecule has 0 fully saturated rings. The first kappa shape index (κ1) is 15.5. The van der Waals surface area contributed by atoms with Crippen LogP contribution in [-0.4, -0.2) is 43.6 Å². The number of nitrogens with one attached hydrogen (secondary N) is 1. The van der Waals surface area contributed by atoms with Gasteiger partial charge in [0.1, 0.15) is 5.75 Å². The van der Waals surface area contributed by atoms with E-state index in [9.17, 15) is 4.79 Å². The van der Waals surface area contributed by atoms with E-state index in [4.69, 9.17) is 4.74 Å². The van der Waals surface area contributed by atoms with Crippen LogP contribution in [-0.2, 0) is 4.79 Å². The molecule has 0 spiro atoms. The molecule has 1 rings (SSSR count). The Labute approximate surface area is 115 Å². The fraction of sp³-hybridized carbons (Fsp3) is 0.533. The summed E-state index contributed by atoms with van der Waals surface area (Å²) in [5.41, 5.74) is 0. The Morgan fingerprint density at radius 1 is 1.32 bits per heavy atom. The average molecular weight is 264 g/mol. The summed E-state index contributed by atoms with van der Waals surface area (Å²) in [6, 6.07) is 9.96. The molecule has 0 atom stereocenters. The molecule has 106 valence electrons. The number of amides is 1. The van der Waals surface area contributed by atoms with E-state index in [0.717, 1.165) is 18.7 Å². The third kappa shape index (κ3) is 7.47. The Kier molecular flexibility index (Phi) is 6.97. The van der Waals surface area contributed by atoms with Gasteiger partial charge in [-0.25, -0.2) is 0 Å². The molecule has 1 aromatic carbocycles. The fourth-order valence-electron chi connectivity index (χ4n) is 1.73. The highest BCUT2D eigenvalue weighted by atomic mass is 16.5. The molecule has 0 radical (unpaired) electrons. The Morgan fingerprint density at radius 2 is 2.00 bits per heavy atom. The van der Waals surface area contributed by atoms with Crippen molar-refractivity contribution in [1.29, 1.82) is 0 Å². The van der Waals surface area contributed by atoms with E-state index in [2.05, 4.69) is 5.32 Å². The molecule has 0 aromatic heterocycles. The maximum absolute atomic E-state index is 11.5. The predicted molar refractivity (Wildman–Crippen MR) is 77.3 cm³/mol. The van der Waals surface area contributed by atoms with E-state index in [1.54, 1.807) is 0 Å². The number of rotatable bonds is 8. The Morgan fingerprint density at radius 3 is 2.63 bits per heavy atom. The summed E-state index contributed by atoms with van der Waals surface area (Å²) in [6.45, 7) is 5.87. The molecule has 1 amide bonds. The molecule has 0 aliphatic carbocycles. The maximum atomic E-state index is 11.5. The van der Waals surface area contributed by atoms with Gasteiger partial charge in [-0.05, 0) is 39.4 Å². The van der Waals surface area contributed by atoms with Crippen molar-refractivity contribution in [3.63, 3.8) is 0 Å². The Hall–Kier alpha value is -1.55. The molecule has 0 saturated heterocycles. The highest BCUT2D eigenvalue weighted by Gasteiger charge is 2.07. The smallest absolute Gasteiger partial charge is 0.234 e. The van der Waals surface area contributed by atoms with Gasteiger partial charge in [-0.3, -0.25) is 9.69 Å². The first-order chi connectivity index (χ1) is 9.08. The van der Waals surface area contributed by atoms with Crippen molar-refractivity contribution in [2.24, 2.45) is 0 Å². The van der Waals surface area contributed by atoms with Crippen molar-refractivity contribution < 1.29 is 9.53 Å². The Balaban J connectivity index is 2.10. The molecule has 0 bridgehead atoms. The van der Waals surface area contributed by atoms with Crippen LogP contribution in [0.5, 0.6) is 5.75 Å². The number of hydrogen-bond donors (Lipinski definition) is 1. The van der Waals surface area contributed by atoms with Crippen LogP contribution in [0.25, 0.3) is 0 Å². The minimum atomic E-state index is 0.0708. The minimum absolute atomic E-state index is 0.0708. The van der Waals surface area contributed by atoms with E-state index in [1.807, 2.05) is 56.1 Å². The molecule has 1 aromatic rings. The topological polar surface area (TPSA) is 41.6 Å². The van der Waals surface area contributed by atoms with Gasteiger partial charge >= 0.3 is 0 Å². The van der Waals surface area contributed by atoms with Crippen LogP contribution in [0, 0.1) is 0 Å². The second-order valence-corrected chi connectivity index (χ2v) is 4.98. The second kappa shape index (κ2) is 8.53. The van der Waals surface area contributed by atoms with Crippen LogP contribution < -0.4 is 10.1 Å². The zero-order valence-corrected chi connectivity index (χ0v) is 12.1. The van der Waals surface area contributed by atoms with Crippen molar-refractivity contribution >= 4 is 5.91 Å². The lowest BCUT2D eigenvalue weighted by Gasteiger charge is -2.17. The van der Waals surface area contributed by atoms with Crippen LogP contribution in [0.2, 0.25) is 0 Å². The van der Waals surface area contributed by atoms with E-state index in [1.165, 1.54) is 0 Å². The maximum Gasteiger partial charge on any atom is 0.234 e. The van der Waals surface area contributed by atoms with Crippen molar-refractivity contribution in [3.8, 4) is 5.75 Å². The molecule has 19 heavy (non-hydrogen) atoms.